The number of pyridine rings is 1. The van der Waals surface area contributed by atoms with E-state index in [4.69, 9.17) is 11.2 Å². The third kappa shape index (κ3) is 4.65. The second kappa shape index (κ2) is 8.81. The lowest BCUT2D eigenvalue weighted by Gasteiger charge is -2.12. The van der Waals surface area contributed by atoms with Crippen molar-refractivity contribution in [3.8, 4) is 29.2 Å². The first-order valence-electron chi connectivity index (χ1n) is 10.3. The van der Waals surface area contributed by atoms with Crippen molar-refractivity contribution in [2.24, 2.45) is 7.05 Å². The third-order valence-electron chi connectivity index (χ3n) is 5.06. The van der Waals surface area contributed by atoms with Gasteiger partial charge in [-0.15, -0.1) is 6.42 Å². The van der Waals surface area contributed by atoms with Gasteiger partial charge < -0.3 is 10.1 Å². The molecule has 0 saturated heterocycles. The minimum Gasteiger partial charge on any atom is -0.487 e. The summed E-state index contributed by atoms with van der Waals surface area (Å²) in [6, 6.07) is 17.3. The van der Waals surface area contributed by atoms with Crippen molar-refractivity contribution in [1.29, 1.82) is 0 Å². The zero-order chi connectivity index (χ0) is 22.6. The zero-order valence-electron chi connectivity index (χ0n) is 17.9. The van der Waals surface area contributed by atoms with Crippen LogP contribution in [0, 0.1) is 12.3 Å². The molecule has 0 aliphatic rings. The molecule has 3 aromatic heterocycles. The molecule has 0 saturated carbocycles. The number of aromatic nitrogens is 5. The Labute approximate surface area is 191 Å². The second-order valence-corrected chi connectivity index (χ2v) is 7.50. The van der Waals surface area contributed by atoms with Gasteiger partial charge in [0.25, 0.3) is 0 Å². The number of fused-ring (bicyclic) bond motifs is 1. The first kappa shape index (κ1) is 20.2. The minimum atomic E-state index is 0.362. The number of aryl methyl sites for hydroxylation is 1. The van der Waals surface area contributed by atoms with Gasteiger partial charge in [0.05, 0.1) is 17.4 Å². The number of benzene rings is 2. The number of nitrogens with one attached hydrogen (secondary N) is 1. The molecular weight excluding hydrogens is 412 g/mol. The van der Waals surface area contributed by atoms with Crippen LogP contribution in [-0.4, -0.2) is 24.7 Å². The third-order valence-corrected chi connectivity index (χ3v) is 5.06. The standard InChI is InChI=1S/C26H20N6O/c1-3-18-7-8-25-20(10-18)14-28-26(31-25)30-23-11-19(21-15-29-32(2)16-21)12-24(13-23)33-17-22-6-4-5-9-27-22/h1,4-16H,17H2,2H3,(H,28,30,31). The van der Waals surface area contributed by atoms with E-state index in [0.717, 1.165) is 39.0 Å². The lowest BCUT2D eigenvalue weighted by atomic mass is 10.1. The predicted octanol–water partition coefficient (Wildman–Crippen LogP) is 4.73. The van der Waals surface area contributed by atoms with Crippen LogP contribution in [0.2, 0.25) is 0 Å². The molecule has 160 valence electrons. The Morgan fingerprint density at radius 3 is 2.76 bits per heavy atom. The summed E-state index contributed by atoms with van der Waals surface area (Å²) in [7, 11) is 1.89. The normalized spacial score (nSPS) is 10.7. The van der Waals surface area contributed by atoms with Gasteiger partial charge in [-0.2, -0.15) is 5.10 Å². The molecule has 5 rings (SSSR count). The highest BCUT2D eigenvalue weighted by Crippen LogP contribution is 2.30. The molecule has 0 unspecified atom stereocenters. The van der Waals surface area contributed by atoms with Crippen LogP contribution in [0.15, 0.2) is 79.4 Å². The largest absolute Gasteiger partial charge is 0.487 e. The lowest BCUT2D eigenvalue weighted by Crippen LogP contribution is -2.00. The Morgan fingerprint density at radius 2 is 1.97 bits per heavy atom. The van der Waals surface area contributed by atoms with Crippen LogP contribution >= 0.6 is 0 Å². The summed E-state index contributed by atoms with van der Waals surface area (Å²) in [5.74, 6) is 3.81. The van der Waals surface area contributed by atoms with E-state index in [-0.39, 0.29) is 0 Å². The molecule has 0 spiro atoms. The van der Waals surface area contributed by atoms with E-state index in [1.807, 2.05) is 74.0 Å². The van der Waals surface area contributed by atoms with Gasteiger partial charge in [0.2, 0.25) is 5.95 Å². The first-order chi connectivity index (χ1) is 16.2. The number of ether oxygens (including phenoxy) is 1. The molecule has 7 nitrogen and oxygen atoms in total. The Hall–Kier alpha value is -4.70. The summed E-state index contributed by atoms with van der Waals surface area (Å²) >= 11 is 0. The molecule has 0 fully saturated rings. The smallest absolute Gasteiger partial charge is 0.227 e. The molecular formula is C26H20N6O. The maximum absolute atomic E-state index is 6.05. The Morgan fingerprint density at radius 1 is 1.03 bits per heavy atom. The summed E-state index contributed by atoms with van der Waals surface area (Å²) in [5, 5.41) is 8.47. The molecule has 2 aromatic carbocycles. The van der Waals surface area contributed by atoms with Gasteiger partial charge in [0.1, 0.15) is 12.4 Å². The van der Waals surface area contributed by atoms with Gasteiger partial charge in [-0.1, -0.05) is 12.0 Å². The van der Waals surface area contributed by atoms with Gasteiger partial charge in [-0.05, 0) is 48.0 Å². The molecule has 33 heavy (non-hydrogen) atoms. The second-order valence-electron chi connectivity index (χ2n) is 7.50. The topological polar surface area (TPSA) is 77.8 Å². The van der Waals surface area contributed by atoms with Crippen molar-refractivity contribution in [2.75, 3.05) is 5.32 Å². The molecule has 7 heteroatoms. The fraction of sp³-hybridized carbons (Fsp3) is 0.0769. The Kier molecular flexibility index (Phi) is 5.40. The number of terminal acetylenes is 1. The fourth-order valence-electron chi connectivity index (χ4n) is 3.44. The fourth-order valence-corrected chi connectivity index (χ4v) is 3.44. The van der Waals surface area contributed by atoms with Crippen LogP contribution in [-0.2, 0) is 13.7 Å². The lowest BCUT2D eigenvalue weighted by molar-refractivity contribution is 0.301. The summed E-state index contributed by atoms with van der Waals surface area (Å²) < 4.78 is 7.81. The SMILES string of the molecule is C#Cc1ccc2nc(Nc3cc(OCc4ccccn4)cc(-c4cnn(C)c4)c3)ncc2c1. The average Bonchev–Trinajstić information content (AvgIpc) is 3.29. The average molecular weight is 432 g/mol. The van der Waals surface area contributed by atoms with Crippen LogP contribution in [0.25, 0.3) is 22.0 Å². The number of anilines is 2. The van der Waals surface area contributed by atoms with Gasteiger partial charge in [0, 0.05) is 53.9 Å². The van der Waals surface area contributed by atoms with Crippen LogP contribution in [0.5, 0.6) is 5.75 Å². The molecule has 5 aromatic rings. The predicted molar refractivity (Wildman–Crippen MR) is 128 cm³/mol. The highest BCUT2D eigenvalue weighted by atomic mass is 16.5. The Balaban J connectivity index is 1.46. The number of rotatable bonds is 6. The van der Waals surface area contributed by atoms with E-state index in [2.05, 4.69) is 31.3 Å². The van der Waals surface area contributed by atoms with Crippen molar-refractivity contribution in [3.05, 3.63) is 90.6 Å². The first-order valence-corrected chi connectivity index (χ1v) is 10.3. The van der Waals surface area contributed by atoms with Crippen LogP contribution in [0.3, 0.4) is 0 Å². The quantitative estimate of drug-likeness (QED) is 0.391. The summed E-state index contributed by atoms with van der Waals surface area (Å²) in [6.07, 6.45) is 12.8. The van der Waals surface area contributed by atoms with Crippen molar-refractivity contribution in [2.45, 2.75) is 6.61 Å². The van der Waals surface area contributed by atoms with Gasteiger partial charge in [0.15, 0.2) is 0 Å². The molecule has 0 radical (unpaired) electrons. The molecule has 1 N–H and O–H groups in total. The zero-order valence-corrected chi connectivity index (χ0v) is 17.9. The summed E-state index contributed by atoms with van der Waals surface area (Å²) in [5.41, 5.74) is 5.19. The monoisotopic (exact) mass is 432 g/mol. The van der Waals surface area contributed by atoms with E-state index >= 15 is 0 Å². The molecule has 0 amide bonds. The van der Waals surface area contributed by atoms with E-state index in [0.29, 0.717) is 18.3 Å². The maximum atomic E-state index is 6.05. The molecule has 0 aliphatic carbocycles. The number of nitrogens with zero attached hydrogens (tertiary/aromatic N) is 5. The molecule has 0 bridgehead atoms. The van der Waals surface area contributed by atoms with Crippen LogP contribution < -0.4 is 10.1 Å². The van der Waals surface area contributed by atoms with Crippen molar-refractivity contribution in [3.63, 3.8) is 0 Å². The molecule has 0 atom stereocenters. The maximum Gasteiger partial charge on any atom is 0.227 e. The highest BCUT2D eigenvalue weighted by Gasteiger charge is 2.09. The molecule has 0 aliphatic heterocycles. The highest BCUT2D eigenvalue weighted by molar-refractivity contribution is 5.81. The van der Waals surface area contributed by atoms with Crippen molar-refractivity contribution < 1.29 is 4.74 Å². The van der Waals surface area contributed by atoms with E-state index in [9.17, 15) is 0 Å². The van der Waals surface area contributed by atoms with E-state index < -0.39 is 0 Å². The Bertz CT molecular complexity index is 1470. The van der Waals surface area contributed by atoms with Crippen molar-refractivity contribution >= 4 is 22.5 Å². The molecule has 3 heterocycles. The number of hydrogen-bond acceptors (Lipinski definition) is 6. The summed E-state index contributed by atoms with van der Waals surface area (Å²) in [6.45, 7) is 0.362. The van der Waals surface area contributed by atoms with Gasteiger partial charge in [-0.25, -0.2) is 9.97 Å². The van der Waals surface area contributed by atoms with E-state index in [1.165, 1.54) is 0 Å². The van der Waals surface area contributed by atoms with Crippen LogP contribution in [0.1, 0.15) is 11.3 Å². The minimum absolute atomic E-state index is 0.362. The van der Waals surface area contributed by atoms with Gasteiger partial charge >= 0.3 is 0 Å². The number of hydrogen-bond donors (Lipinski definition) is 1. The van der Waals surface area contributed by atoms with Gasteiger partial charge in [-0.3, -0.25) is 9.67 Å². The van der Waals surface area contributed by atoms with E-state index in [1.54, 1.807) is 17.1 Å². The van der Waals surface area contributed by atoms with Crippen molar-refractivity contribution in [1.82, 2.24) is 24.7 Å². The summed E-state index contributed by atoms with van der Waals surface area (Å²) in [4.78, 5) is 13.4. The van der Waals surface area contributed by atoms with Crippen LogP contribution in [0.4, 0.5) is 11.6 Å².